The molecule has 0 saturated carbocycles. The highest BCUT2D eigenvalue weighted by atomic mass is 16.6. The summed E-state index contributed by atoms with van der Waals surface area (Å²) < 4.78 is 5.45. The number of nitro benzene ring substituents is 1. The van der Waals surface area contributed by atoms with Crippen molar-refractivity contribution >= 4 is 5.69 Å². The number of rotatable bonds is 6. The summed E-state index contributed by atoms with van der Waals surface area (Å²) in [5, 5.41) is 14.8. The second-order valence-corrected chi connectivity index (χ2v) is 8.54. The van der Waals surface area contributed by atoms with E-state index < -0.39 is 4.92 Å². The Hall–Kier alpha value is -2.32. The number of benzene rings is 1. The zero-order chi connectivity index (χ0) is 20.2. The van der Waals surface area contributed by atoms with Crippen LogP contribution in [0.15, 0.2) is 28.8 Å². The topological polar surface area (TPSA) is 88.5 Å². The zero-order valence-corrected chi connectivity index (χ0v) is 17.0. The van der Waals surface area contributed by atoms with E-state index in [1.165, 1.54) is 57.5 Å². The number of nitrogens with zero attached hydrogens (tertiary/aromatic N) is 5. The third-order valence-corrected chi connectivity index (χ3v) is 6.16. The molecule has 0 N–H and O–H groups in total. The fourth-order valence-electron chi connectivity index (χ4n) is 4.41. The number of piperidine rings is 2. The summed E-state index contributed by atoms with van der Waals surface area (Å²) in [6.45, 7) is 8.81. The number of hydrogen-bond acceptors (Lipinski definition) is 7. The minimum Gasteiger partial charge on any atom is -0.338 e. The Morgan fingerprint density at radius 3 is 2.62 bits per heavy atom. The number of aromatic nitrogens is 2. The molecule has 29 heavy (non-hydrogen) atoms. The van der Waals surface area contributed by atoms with Gasteiger partial charge in [-0.2, -0.15) is 4.98 Å². The van der Waals surface area contributed by atoms with Gasteiger partial charge in [-0.05, 0) is 69.3 Å². The fraction of sp³-hybridized carbons (Fsp3) is 0.619. The van der Waals surface area contributed by atoms with Crippen LogP contribution in [0.25, 0.3) is 11.4 Å². The SMILES string of the molecule is CC1CCN(CC2CCCN(Cc3nc(-c4ccc([N+](=O)[O-])cc4)no3)C2)CC1. The highest BCUT2D eigenvalue weighted by molar-refractivity contribution is 5.56. The van der Waals surface area contributed by atoms with Crippen LogP contribution in [0.4, 0.5) is 5.69 Å². The first-order chi connectivity index (χ1) is 14.1. The van der Waals surface area contributed by atoms with Gasteiger partial charge in [0.2, 0.25) is 11.7 Å². The monoisotopic (exact) mass is 399 g/mol. The van der Waals surface area contributed by atoms with Crippen molar-refractivity contribution in [2.75, 3.05) is 32.7 Å². The zero-order valence-electron chi connectivity index (χ0n) is 17.0. The Balaban J connectivity index is 1.31. The van der Waals surface area contributed by atoms with E-state index in [2.05, 4.69) is 26.9 Å². The second-order valence-electron chi connectivity index (χ2n) is 8.54. The van der Waals surface area contributed by atoms with Gasteiger partial charge in [-0.25, -0.2) is 0 Å². The van der Waals surface area contributed by atoms with Crippen LogP contribution in [-0.2, 0) is 6.54 Å². The van der Waals surface area contributed by atoms with Gasteiger partial charge >= 0.3 is 0 Å². The van der Waals surface area contributed by atoms with E-state index in [0.717, 1.165) is 24.6 Å². The van der Waals surface area contributed by atoms with Crippen molar-refractivity contribution in [2.45, 2.75) is 39.2 Å². The van der Waals surface area contributed by atoms with E-state index >= 15 is 0 Å². The summed E-state index contributed by atoms with van der Waals surface area (Å²) in [5.74, 6) is 2.66. The highest BCUT2D eigenvalue weighted by Crippen LogP contribution is 2.24. The molecular formula is C21H29N5O3. The summed E-state index contributed by atoms with van der Waals surface area (Å²) in [6, 6.07) is 6.23. The molecule has 2 aliphatic heterocycles. The van der Waals surface area contributed by atoms with E-state index in [9.17, 15) is 10.1 Å². The molecule has 1 atom stereocenters. The van der Waals surface area contributed by atoms with Gasteiger partial charge in [-0.15, -0.1) is 0 Å². The maximum Gasteiger partial charge on any atom is 0.269 e. The molecule has 4 rings (SSSR count). The molecular weight excluding hydrogens is 370 g/mol. The first-order valence-electron chi connectivity index (χ1n) is 10.6. The molecule has 1 aromatic carbocycles. The van der Waals surface area contributed by atoms with Gasteiger partial charge in [0.25, 0.3) is 5.69 Å². The van der Waals surface area contributed by atoms with Crippen LogP contribution in [0.5, 0.6) is 0 Å². The van der Waals surface area contributed by atoms with Crippen molar-refractivity contribution in [1.82, 2.24) is 19.9 Å². The molecule has 2 saturated heterocycles. The van der Waals surface area contributed by atoms with Gasteiger partial charge in [0, 0.05) is 30.8 Å². The summed E-state index contributed by atoms with van der Waals surface area (Å²) >= 11 is 0. The lowest BCUT2D eigenvalue weighted by molar-refractivity contribution is -0.384. The van der Waals surface area contributed by atoms with Crippen molar-refractivity contribution in [2.24, 2.45) is 11.8 Å². The van der Waals surface area contributed by atoms with Crippen LogP contribution >= 0.6 is 0 Å². The van der Waals surface area contributed by atoms with Crippen LogP contribution in [0.1, 0.15) is 38.5 Å². The third kappa shape index (κ3) is 5.19. The first-order valence-corrected chi connectivity index (χ1v) is 10.6. The normalized spacial score (nSPS) is 22.0. The Morgan fingerprint density at radius 1 is 1.14 bits per heavy atom. The Kier molecular flexibility index (Phi) is 6.20. The first kappa shape index (κ1) is 20.0. The van der Waals surface area contributed by atoms with E-state index in [4.69, 9.17) is 4.52 Å². The molecule has 8 heteroatoms. The molecule has 0 aliphatic carbocycles. The Bertz CT molecular complexity index is 814. The van der Waals surface area contributed by atoms with E-state index in [-0.39, 0.29) is 5.69 Å². The smallest absolute Gasteiger partial charge is 0.269 e. The predicted molar refractivity (Wildman–Crippen MR) is 109 cm³/mol. The lowest BCUT2D eigenvalue weighted by Gasteiger charge is -2.37. The highest BCUT2D eigenvalue weighted by Gasteiger charge is 2.25. The fourth-order valence-corrected chi connectivity index (χ4v) is 4.41. The van der Waals surface area contributed by atoms with Gasteiger partial charge in [0.1, 0.15) is 0 Å². The van der Waals surface area contributed by atoms with Gasteiger partial charge < -0.3 is 9.42 Å². The van der Waals surface area contributed by atoms with Crippen LogP contribution in [0, 0.1) is 22.0 Å². The molecule has 156 valence electrons. The standard InChI is InChI=1S/C21H29N5O3/c1-16-8-11-24(12-9-16)13-17-3-2-10-25(14-17)15-20-22-21(23-29-20)18-4-6-19(7-5-18)26(27)28/h4-7,16-17H,2-3,8-15H2,1H3. The van der Waals surface area contributed by atoms with Crippen molar-refractivity contribution < 1.29 is 9.45 Å². The van der Waals surface area contributed by atoms with Crippen molar-refractivity contribution in [3.8, 4) is 11.4 Å². The summed E-state index contributed by atoms with van der Waals surface area (Å²) in [4.78, 5) is 19.9. The average molecular weight is 399 g/mol. The Morgan fingerprint density at radius 2 is 1.90 bits per heavy atom. The second kappa shape index (κ2) is 9.00. The van der Waals surface area contributed by atoms with Crippen LogP contribution < -0.4 is 0 Å². The van der Waals surface area contributed by atoms with E-state index in [0.29, 0.717) is 24.2 Å². The molecule has 2 aromatic rings. The largest absolute Gasteiger partial charge is 0.338 e. The third-order valence-electron chi connectivity index (χ3n) is 6.16. The van der Waals surface area contributed by atoms with Gasteiger partial charge in [0.15, 0.2) is 0 Å². The van der Waals surface area contributed by atoms with E-state index in [1.807, 2.05) is 0 Å². The summed E-state index contributed by atoms with van der Waals surface area (Å²) in [6.07, 6.45) is 5.15. The number of likely N-dealkylation sites (tertiary alicyclic amines) is 2. The molecule has 0 radical (unpaired) electrons. The summed E-state index contributed by atoms with van der Waals surface area (Å²) in [7, 11) is 0. The molecule has 1 unspecified atom stereocenters. The van der Waals surface area contributed by atoms with Gasteiger partial charge in [0.05, 0.1) is 11.5 Å². The maximum atomic E-state index is 10.8. The molecule has 0 spiro atoms. The van der Waals surface area contributed by atoms with E-state index in [1.54, 1.807) is 12.1 Å². The average Bonchev–Trinajstić information content (AvgIpc) is 3.18. The molecule has 0 bridgehead atoms. The maximum absolute atomic E-state index is 10.8. The molecule has 2 fully saturated rings. The van der Waals surface area contributed by atoms with Crippen LogP contribution in [-0.4, -0.2) is 57.6 Å². The lowest BCUT2D eigenvalue weighted by Crippen LogP contribution is -2.43. The summed E-state index contributed by atoms with van der Waals surface area (Å²) in [5.41, 5.74) is 0.779. The molecule has 3 heterocycles. The molecule has 1 aromatic heterocycles. The number of non-ortho nitro benzene ring substituents is 1. The lowest BCUT2D eigenvalue weighted by atomic mass is 9.94. The number of hydrogen-bond donors (Lipinski definition) is 0. The van der Waals surface area contributed by atoms with Crippen molar-refractivity contribution in [3.05, 3.63) is 40.3 Å². The van der Waals surface area contributed by atoms with Crippen LogP contribution in [0.2, 0.25) is 0 Å². The minimum absolute atomic E-state index is 0.0555. The van der Waals surface area contributed by atoms with Crippen molar-refractivity contribution in [1.29, 1.82) is 0 Å². The quantitative estimate of drug-likeness (QED) is 0.542. The van der Waals surface area contributed by atoms with Crippen molar-refractivity contribution in [3.63, 3.8) is 0 Å². The van der Waals surface area contributed by atoms with Gasteiger partial charge in [-0.3, -0.25) is 15.0 Å². The van der Waals surface area contributed by atoms with Crippen LogP contribution in [0.3, 0.4) is 0 Å². The minimum atomic E-state index is -0.414. The predicted octanol–water partition coefficient (Wildman–Crippen LogP) is 3.59. The molecule has 8 nitrogen and oxygen atoms in total. The van der Waals surface area contributed by atoms with Gasteiger partial charge in [-0.1, -0.05) is 12.1 Å². The molecule has 0 amide bonds. The molecule has 2 aliphatic rings. The number of nitro groups is 1. The Labute approximate surface area is 171 Å².